The van der Waals surface area contributed by atoms with Gasteiger partial charge in [0.15, 0.2) is 0 Å². The molecule has 2 rings (SSSR count). The number of benzene rings is 1. The number of hydrogen-bond acceptors (Lipinski definition) is 2. The first-order valence-corrected chi connectivity index (χ1v) is 7.84. The van der Waals surface area contributed by atoms with Gasteiger partial charge in [-0.1, -0.05) is 26.0 Å². The molecule has 0 aromatic heterocycles. The second-order valence-corrected chi connectivity index (χ2v) is 5.74. The smallest absolute Gasteiger partial charge is 0.0371 e. The number of hydrogen-bond donors (Lipinski definition) is 1. The average molecular weight is 260 g/mol. The number of anilines is 1. The molecule has 0 aliphatic carbocycles. The highest BCUT2D eigenvalue weighted by molar-refractivity contribution is 5.50. The maximum Gasteiger partial charge on any atom is 0.0371 e. The average Bonchev–Trinajstić information content (AvgIpc) is 2.81. The van der Waals surface area contributed by atoms with Crippen molar-refractivity contribution in [3.63, 3.8) is 0 Å². The largest absolute Gasteiger partial charge is 0.366 e. The lowest BCUT2D eigenvalue weighted by molar-refractivity contribution is 0.627. The molecule has 0 saturated carbocycles. The van der Waals surface area contributed by atoms with Crippen molar-refractivity contribution in [1.82, 2.24) is 5.32 Å². The van der Waals surface area contributed by atoms with E-state index in [1.165, 1.54) is 36.9 Å². The molecule has 0 radical (unpaired) electrons. The maximum absolute atomic E-state index is 3.46. The SMILES string of the molecule is CCCNCc1ccc(N2C(C)CCC2CC)cc1. The molecule has 1 aliphatic heterocycles. The lowest BCUT2D eigenvalue weighted by Crippen LogP contribution is -2.34. The summed E-state index contributed by atoms with van der Waals surface area (Å²) in [6, 6.07) is 10.6. The molecular formula is C17H28N2. The summed E-state index contributed by atoms with van der Waals surface area (Å²) < 4.78 is 0. The second kappa shape index (κ2) is 6.95. The first kappa shape index (κ1) is 14.4. The van der Waals surface area contributed by atoms with Gasteiger partial charge in [0.25, 0.3) is 0 Å². The van der Waals surface area contributed by atoms with Crippen molar-refractivity contribution in [1.29, 1.82) is 0 Å². The summed E-state index contributed by atoms with van der Waals surface area (Å²) in [6.45, 7) is 8.95. The van der Waals surface area contributed by atoms with E-state index in [2.05, 4.69) is 55.3 Å². The predicted molar refractivity (Wildman–Crippen MR) is 83.7 cm³/mol. The van der Waals surface area contributed by atoms with Crippen molar-refractivity contribution in [3.8, 4) is 0 Å². The van der Waals surface area contributed by atoms with Crippen molar-refractivity contribution in [2.75, 3.05) is 11.4 Å². The van der Waals surface area contributed by atoms with Crippen molar-refractivity contribution >= 4 is 5.69 Å². The third-order valence-corrected chi connectivity index (χ3v) is 4.25. The van der Waals surface area contributed by atoms with E-state index in [-0.39, 0.29) is 0 Å². The molecule has 1 saturated heterocycles. The Balaban J connectivity index is 2.01. The van der Waals surface area contributed by atoms with E-state index in [4.69, 9.17) is 0 Å². The Labute approximate surface area is 118 Å². The van der Waals surface area contributed by atoms with Crippen molar-refractivity contribution in [2.45, 2.75) is 65.1 Å². The number of nitrogens with zero attached hydrogens (tertiary/aromatic N) is 1. The van der Waals surface area contributed by atoms with E-state index in [9.17, 15) is 0 Å². The summed E-state index contributed by atoms with van der Waals surface area (Å²) in [5.74, 6) is 0. The van der Waals surface area contributed by atoms with Crippen LogP contribution >= 0.6 is 0 Å². The molecule has 1 N–H and O–H groups in total. The van der Waals surface area contributed by atoms with Crippen LogP contribution in [0.3, 0.4) is 0 Å². The van der Waals surface area contributed by atoms with Crippen LogP contribution < -0.4 is 10.2 Å². The third-order valence-electron chi connectivity index (χ3n) is 4.25. The summed E-state index contributed by atoms with van der Waals surface area (Å²) in [5, 5.41) is 3.46. The highest BCUT2D eigenvalue weighted by Gasteiger charge is 2.29. The van der Waals surface area contributed by atoms with Gasteiger partial charge in [-0.05, 0) is 56.8 Å². The van der Waals surface area contributed by atoms with Gasteiger partial charge in [0.05, 0.1) is 0 Å². The van der Waals surface area contributed by atoms with Crippen LogP contribution in [-0.4, -0.2) is 18.6 Å². The van der Waals surface area contributed by atoms with Gasteiger partial charge < -0.3 is 10.2 Å². The van der Waals surface area contributed by atoms with Gasteiger partial charge in [0.1, 0.15) is 0 Å². The first-order valence-electron chi connectivity index (χ1n) is 7.84. The molecule has 2 unspecified atom stereocenters. The molecule has 1 heterocycles. The molecule has 1 aromatic carbocycles. The van der Waals surface area contributed by atoms with Crippen molar-refractivity contribution in [3.05, 3.63) is 29.8 Å². The normalized spacial score (nSPS) is 23.0. The van der Waals surface area contributed by atoms with Gasteiger partial charge in [-0.2, -0.15) is 0 Å². The highest BCUT2D eigenvalue weighted by atomic mass is 15.2. The van der Waals surface area contributed by atoms with Crippen LogP contribution in [0, 0.1) is 0 Å². The lowest BCUT2D eigenvalue weighted by Gasteiger charge is -2.30. The Morgan fingerprint density at radius 2 is 1.89 bits per heavy atom. The zero-order valence-electron chi connectivity index (χ0n) is 12.7. The molecule has 2 heteroatoms. The number of rotatable bonds is 6. The highest BCUT2D eigenvalue weighted by Crippen LogP contribution is 2.31. The van der Waals surface area contributed by atoms with E-state index >= 15 is 0 Å². The molecule has 1 fully saturated rings. The molecule has 106 valence electrons. The van der Waals surface area contributed by atoms with Crippen LogP contribution in [0.15, 0.2) is 24.3 Å². The number of nitrogens with one attached hydrogen (secondary N) is 1. The fourth-order valence-corrected chi connectivity index (χ4v) is 3.13. The fourth-order valence-electron chi connectivity index (χ4n) is 3.13. The Kier molecular flexibility index (Phi) is 5.26. The lowest BCUT2D eigenvalue weighted by atomic mass is 10.1. The minimum absolute atomic E-state index is 0.689. The Morgan fingerprint density at radius 1 is 1.16 bits per heavy atom. The maximum atomic E-state index is 3.46. The van der Waals surface area contributed by atoms with Gasteiger partial charge in [0, 0.05) is 24.3 Å². The van der Waals surface area contributed by atoms with E-state index in [0.717, 1.165) is 19.1 Å². The quantitative estimate of drug-likeness (QED) is 0.779. The molecule has 2 atom stereocenters. The topological polar surface area (TPSA) is 15.3 Å². The van der Waals surface area contributed by atoms with E-state index in [1.807, 2.05) is 0 Å². The van der Waals surface area contributed by atoms with Gasteiger partial charge in [0.2, 0.25) is 0 Å². The Morgan fingerprint density at radius 3 is 2.53 bits per heavy atom. The summed E-state index contributed by atoms with van der Waals surface area (Å²) in [5.41, 5.74) is 2.79. The summed E-state index contributed by atoms with van der Waals surface area (Å²) in [6.07, 6.45) is 5.13. The van der Waals surface area contributed by atoms with E-state index in [1.54, 1.807) is 0 Å². The minimum Gasteiger partial charge on any atom is -0.366 e. The van der Waals surface area contributed by atoms with Crippen LogP contribution in [0.1, 0.15) is 52.0 Å². The van der Waals surface area contributed by atoms with Crippen LogP contribution in [0.4, 0.5) is 5.69 Å². The minimum atomic E-state index is 0.689. The van der Waals surface area contributed by atoms with Gasteiger partial charge >= 0.3 is 0 Å². The zero-order chi connectivity index (χ0) is 13.7. The Bertz CT molecular complexity index is 371. The molecule has 0 amide bonds. The van der Waals surface area contributed by atoms with Crippen LogP contribution in [0.25, 0.3) is 0 Å². The standard InChI is InChI=1S/C17H28N2/c1-4-12-18-13-15-7-10-17(11-8-15)19-14(3)6-9-16(19)5-2/h7-8,10-11,14,16,18H,4-6,9,12-13H2,1-3H3. The molecule has 19 heavy (non-hydrogen) atoms. The third kappa shape index (κ3) is 3.50. The molecule has 2 nitrogen and oxygen atoms in total. The first-order chi connectivity index (χ1) is 9.26. The molecular weight excluding hydrogens is 232 g/mol. The predicted octanol–water partition coefficient (Wildman–Crippen LogP) is 3.95. The Hall–Kier alpha value is -1.02. The molecule has 0 spiro atoms. The monoisotopic (exact) mass is 260 g/mol. The van der Waals surface area contributed by atoms with E-state index in [0.29, 0.717) is 6.04 Å². The van der Waals surface area contributed by atoms with Crippen LogP contribution in [-0.2, 0) is 6.54 Å². The van der Waals surface area contributed by atoms with Crippen LogP contribution in [0.2, 0.25) is 0 Å². The van der Waals surface area contributed by atoms with E-state index < -0.39 is 0 Å². The fraction of sp³-hybridized carbons (Fsp3) is 0.647. The zero-order valence-corrected chi connectivity index (χ0v) is 12.7. The van der Waals surface area contributed by atoms with Crippen LogP contribution in [0.5, 0.6) is 0 Å². The van der Waals surface area contributed by atoms with Gasteiger partial charge in [-0.15, -0.1) is 0 Å². The summed E-state index contributed by atoms with van der Waals surface area (Å²) in [4.78, 5) is 2.61. The second-order valence-electron chi connectivity index (χ2n) is 5.74. The van der Waals surface area contributed by atoms with Gasteiger partial charge in [-0.25, -0.2) is 0 Å². The summed E-state index contributed by atoms with van der Waals surface area (Å²) >= 11 is 0. The molecule has 1 aliphatic rings. The van der Waals surface area contributed by atoms with Crippen molar-refractivity contribution in [2.24, 2.45) is 0 Å². The molecule has 0 bridgehead atoms. The van der Waals surface area contributed by atoms with Crippen molar-refractivity contribution < 1.29 is 0 Å². The molecule has 1 aromatic rings. The summed E-state index contributed by atoms with van der Waals surface area (Å²) in [7, 11) is 0. The van der Waals surface area contributed by atoms with Gasteiger partial charge in [-0.3, -0.25) is 0 Å².